The topological polar surface area (TPSA) is 88.6 Å². The fourth-order valence-corrected chi connectivity index (χ4v) is 2.65. The second kappa shape index (κ2) is 8.04. The van der Waals surface area contributed by atoms with Gasteiger partial charge in [-0.05, 0) is 19.4 Å². The number of hydrogen-bond donors (Lipinski definition) is 1. The van der Waals surface area contributed by atoms with Crippen molar-refractivity contribution in [2.75, 3.05) is 13.1 Å². The minimum Gasteiger partial charge on any atom is -0.389 e. The Kier molecular flexibility index (Phi) is 6.06. The molecule has 134 valence electrons. The highest BCUT2D eigenvalue weighted by molar-refractivity contribution is 5.24. The lowest BCUT2D eigenvalue weighted by Crippen LogP contribution is -2.40. The summed E-state index contributed by atoms with van der Waals surface area (Å²) in [7, 11) is 0. The van der Waals surface area contributed by atoms with Gasteiger partial charge in [-0.2, -0.15) is 0 Å². The van der Waals surface area contributed by atoms with Crippen LogP contribution in [0.1, 0.15) is 19.4 Å². The fourth-order valence-electron chi connectivity index (χ4n) is 2.65. The van der Waals surface area contributed by atoms with Crippen LogP contribution in [0.25, 0.3) is 0 Å². The van der Waals surface area contributed by atoms with Crippen LogP contribution in [0.5, 0.6) is 0 Å². The normalized spacial score (nSPS) is 11.7. The van der Waals surface area contributed by atoms with E-state index in [0.717, 1.165) is 5.56 Å². The average Bonchev–Trinajstić information content (AvgIpc) is 2.53. The van der Waals surface area contributed by atoms with Crippen LogP contribution in [-0.4, -0.2) is 38.2 Å². The first-order valence-electron chi connectivity index (χ1n) is 8.08. The maximum atomic E-state index is 11.9. The van der Waals surface area contributed by atoms with Crippen LogP contribution >= 0.6 is 0 Å². The van der Waals surface area contributed by atoms with Gasteiger partial charge in [-0.15, -0.1) is 0 Å². The summed E-state index contributed by atoms with van der Waals surface area (Å²) in [6.07, 6.45) is 1.26. The van der Waals surface area contributed by atoms with Gasteiger partial charge in [-0.1, -0.05) is 30.3 Å². The van der Waals surface area contributed by atoms with Crippen LogP contribution in [-0.2, 0) is 13.1 Å². The molecule has 25 heavy (non-hydrogen) atoms. The van der Waals surface area contributed by atoms with Crippen LogP contribution in [0, 0.1) is 10.1 Å². The van der Waals surface area contributed by atoms with E-state index in [1.807, 2.05) is 35.2 Å². The van der Waals surface area contributed by atoms with Gasteiger partial charge in [-0.25, -0.2) is 0 Å². The molecule has 0 fully saturated rings. The van der Waals surface area contributed by atoms with E-state index in [-0.39, 0.29) is 11.2 Å². The van der Waals surface area contributed by atoms with Gasteiger partial charge in [0.25, 0.3) is 11.2 Å². The molecule has 1 N–H and O–H groups in total. The third-order valence-corrected chi connectivity index (χ3v) is 3.70. The third kappa shape index (κ3) is 6.13. The lowest BCUT2D eigenvalue weighted by atomic mass is 10.1. The van der Waals surface area contributed by atoms with Crippen LogP contribution in [0.3, 0.4) is 0 Å². The number of pyridine rings is 1. The van der Waals surface area contributed by atoms with Crippen molar-refractivity contribution in [3.63, 3.8) is 0 Å². The molecule has 0 amide bonds. The first kappa shape index (κ1) is 18.8. The van der Waals surface area contributed by atoms with E-state index in [1.54, 1.807) is 13.8 Å². The molecule has 7 heteroatoms. The van der Waals surface area contributed by atoms with Gasteiger partial charge in [0.05, 0.1) is 16.7 Å². The molecule has 1 aromatic heterocycles. The van der Waals surface area contributed by atoms with E-state index in [0.29, 0.717) is 26.2 Å². The van der Waals surface area contributed by atoms with Crippen molar-refractivity contribution in [3.05, 3.63) is 74.7 Å². The molecule has 2 rings (SSSR count). The highest BCUT2D eigenvalue weighted by Crippen LogP contribution is 2.11. The summed E-state index contributed by atoms with van der Waals surface area (Å²) < 4.78 is 1.33. The molecule has 7 nitrogen and oxygen atoms in total. The molecule has 0 aliphatic heterocycles. The van der Waals surface area contributed by atoms with Crippen molar-refractivity contribution in [1.29, 1.82) is 0 Å². The van der Waals surface area contributed by atoms with Gasteiger partial charge in [0.15, 0.2) is 0 Å². The van der Waals surface area contributed by atoms with E-state index in [4.69, 9.17) is 0 Å². The van der Waals surface area contributed by atoms with Gasteiger partial charge in [0, 0.05) is 38.3 Å². The minimum atomic E-state index is -0.886. The molecule has 0 radical (unpaired) electrons. The summed E-state index contributed by atoms with van der Waals surface area (Å²) in [6.45, 7) is 5.29. The zero-order valence-corrected chi connectivity index (χ0v) is 14.5. The number of aliphatic hydroxyl groups is 1. The number of rotatable bonds is 8. The smallest absolute Gasteiger partial charge is 0.285 e. The summed E-state index contributed by atoms with van der Waals surface area (Å²) in [5, 5.41) is 21.0. The lowest BCUT2D eigenvalue weighted by Gasteiger charge is -2.29. The number of hydrogen-bond acceptors (Lipinski definition) is 5. The summed E-state index contributed by atoms with van der Waals surface area (Å²) in [4.78, 5) is 24.3. The highest BCUT2D eigenvalue weighted by Gasteiger charge is 2.19. The third-order valence-electron chi connectivity index (χ3n) is 3.70. The first-order chi connectivity index (χ1) is 11.7. The predicted molar refractivity (Wildman–Crippen MR) is 95.4 cm³/mol. The molecule has 0 aliphatic rings. The minimum absolute atomic E-state index is 0.114. The molecular formula is C18H23N3O4. The Labute approximate surface area is 146 Å². The van der Waals surface area contributed by atoms with E-state index < -0.39 is 10.5 Å². The lowest BCUT2D eigenvalue weighted by molar-refractivity contribution is -0.385. The van der Waals surface area contributed by atoms with E-state index in [9.17, 15) is 20.0 Å². The number of aromatic nitrogens is 1. The Bertz CT molecular complexity index is 766. The van der Waals surface area contributed by atoms with Gasteiger partial charge in [0.2, 0.25) is 0 Å². The molecule has 0 unspecified atom stereocenters. The van der Waals surface area contributed by atoms with Crippen molar-refractivity contribution in [2.45, 2.75) is 32.5 Å². The van der Waals surface area contributed by atoms with Crippen LogP contribution < -0.4 is 5.56 Å². The predicted octanol–water partition coefficient (Wildman–Crippen LogP) is 2.03. The Hall–Kier alpha value is -2.51. The van der Waals surface area contributed by atoms with Crippen molar-refractivity contribution < 1.29 is 10.0 Å². The van der Waals surface area contributed by atoms with Crippen molar-refractivity contribution in [2.24, 2.45) is 0 Å². The maximum Gasteiger partial charge on any atom is 0.285 e. The zero-order chi connectivity index (χ0) is 18.4. The SMILES string of the molecule is CC(C)(O)CN(CCn1cc([N+](=O)[O-])ccc1=O)Cc1ccccc1. The summed E-state index contributed by atoms with van der Waals surface area (Å²) in [5.74, 6) is 0. The molecule has 0 aliphatic carbocycles. The van der Waals surface area contributed by atoms with E-state index in [2.05, 4.69) is 0 Å². The number of benzene rings is 1. The summed E-state index contributed by atoms with van der Waals surface area (Å²) in [5.41, 5.74) is -0.189. The Morgan fingerprint density at radius 2 is 1.88 bits per heavy atom. The van der Waals surface area contributed by atoms with Gasteiger partial charge in [-0.3, -0.25) is 19.8 Å². The summed E-state index contributed by atoms with van der Waals surface area (Å²) in [6, 6.07) is 12.2. The second-order valence-corrected chi connectivity index (χ2v) is 6.68. The Morgan fingerprint density at radius 1 is 1.20 bits per heavy atom. The fraction of sp³-hybridized carbons (Fsp3) is 0.389. The number of nitro groups is 1. The Balaban J connectivity index is 2.12. The van der Waals surface area contributed by atoms with Crippen LogP contribution in [0.4, 0.5) is 5.69 Å². The molecule has 0 saturated heterocycles. The van der Waals surface area contributed by atoms with Crippen molar-refractivity contribution in [3.8, 4) is 0 Å². The second-order valence-electron chi connectivity index (χ2n) is 6.68. The quantitative estimate of drug-likeness (QED) is 0.584. The largest absolute Gasteiger partial charge is 0.389 e. The van der Waals surface area contributed by atoms with Gasteiger partial charge >= 0.3 is 0 Å². The molecule has 0 saturated carbocycles. The standard InChI is InChI=1S/C18H23N3O4/c1-18(2,23)14-19(12-15-6-4-3-5-7-15)10-11-20-13-16(21(24)25)8-9-17(20)22/h3-9,13,23H,10-12,14H2,1-2H3. The van der Waals surface area contributed by atoms with Crippen molar-refractivity contribution >= 4 is 5.69 Å². The van der Waals surface area contributed by atoms with Crippen LogP contribution in [0.2, 0.25) is 0 Å². The molecule has 2 aromatic rings. The molecule has 0 spiro atoms. The molecule has 0 atom stereocenters. The first-order valence-corrected chi connectivity index (χ1v) is 8.08. The Morgan fingerprint density at radius 3 is 2.48 bits per heavy atom. The molecule has 0 bridgehead atoms. The molecule has 1 aromatic carbocycles. The molecular weight excluding hydrogens is 322 g/mol. The highest BCUT2D eigenvalue weighted by atomic mass is 16.6. The van der Waals surface area contributed by atoms with Gasteiger partial charge < -0.3 is 9.67 Å². The van der Waals surface area contributed by atoms with E-state index in [1.165, 1.54) is 22.9 Å². The van der Waals surface area contributed by atoms with Crippen molar-refractivity contribution in [1.82, 2.24) is 9.47 Å². The average molecular weight is 345 g/mol. The number of nitrogens with zero attached hydrogens (tertiary/aromatic N) is 3. The van der Waals surface area contributed by atoms with Crippen LogP contribution in [0.15, 0.2) is 53.5 Å². The van der Waals surface area contributed by atoms with Gasteiger partial charge in [0.1, 0.15) is 0 Å². The van der Waals surface area contributed by atoms with E-state index >= 15 is 0 Å². The zero-order valence-electron chi connectivity index (χ0n) is 14.5. The molecule has 1 heterocycles. The maximum absolute atomic E-state index is 11.9. The summed E-state index contributed by atoms with van der Waals surface area (Å²) >= 11 is 0. The monoisotopic (exact) mass is 345 g/mol.